The molecular weight excluding hydrogens is 198 g/mol. The molecule has 1 aromatic carbocycles. The summed E-state index contributed by atoms with van der Waals surface area (Å²) in [6, 6.07) is 6.14. The fourth-order valence-electron chi connectivity index (χ4n) is 1.48. The molecular formula is C14H21NO. The zero-order valence-electron chi connectivity index (χ0n) is 10.4. The summed E-state index contributed by atoms with van der Waals surface area (Å²) >= 11 is 0. The van der Waals surface area contributed by atoms with Crippen molar-refractivity contribution in [1.29, 1.82) is 0 Å². The van der Waals surface area contributed by atoms with Gasteiger partial charge in [0.25, 0.3) is 0 Å². The molecule has 1 atom stereocenters. The second-order valence-electron chi connectivity index (χ2n) is 4.39. The smallest absolute Gasteiger partial charge is 0.124 e. The van der Waals surface area contributed by atoms with Gasteiger partial charge in [-0.15, -0.1) is 6.58 Å². The Morgan fingerprint density at radius 1 is 1.50 bits per heavy atom. The fourth-order valence-corrected chi connectivity index (χ4v) is 1.48. The van der Waals surface area contributed by atoms with Crippen molar-refractivity contribution in [3.63, 3.8) is 0 Å². The Morgan fingerprint density at radius 3 is 2.75 bits per heavy atom. The van der Waals surface area contributed by atoms with Gasteiger partial charge in [-0.3, -0.25) is 0 Å². The third-order valence-corrected chi connectivity index (χ3v) is 2.45. The van der Waals surface area contributed by atoms with Crippen LogP contribution in [-0.4, -0.2) is 6.61 Å². The number of hydrogen-bond donors (Lipinski definition) is 1. The van der Waals surface area contributed by atoms with E-state index in [1.807, 2.05) is 26.0 Å². The average molecular weight is 219 g/mol. The first-order valence-corrected chi connectivity index (χ1v) is 5.64. The van der Waals surface area contributed by atoms with E-state index in [1.165, 1.54) is 5.56 Å². The molecule has 0 aliphatic rings. The summed E-state index contributed by atoms with van der Waals surface area (Å²) in [4.78, 5) is 0. The van der Waals surface area contributed by atoms with E-state index in [0.29, 0.717) is 6.61 Å². The average Bonchev–Trinajstić information content (AvgIpc) is 2.16. The summed E-state index contributed by atoms with van der Waals surface area (Å²) in [5.74, 6) is 0.899. The highest BCUT2D eigenvalue weighted by atomic mass is 16.5. The third-order valence-electron chi connectivity index (χ3n) is 2.45. The number of nitrogens with two attached hydrogens (primary N) is 1. The van der Waals surface area contributed by atoms with Crippen LogP contribution >= 0.6 is 0 Å². The quantitative estimate of drug-likeness (QED) is 0.771. The van der Waals surface area contributed by atoms with Gasteiger partial charge in [-0.2, -0.15) is 0 Å². The van der Waals surface area contributed by atoms with Gasteiger partial charge in [-0.05, 0) is 32.4 Å². The van der Waals surface area contributed by atoms with Gasteiger partial charge in [-0.1, -0.05) is 17.7 Å². The maximum absolute atomic E-state index is 5.90. The van der Waals surface area contributed by atoms with Gasteiger partial charge in [0.05, 0.1) is 6.61 Å². The summed E-state index contributed by atoms with van der Waals surface area (Å²) in [7, 11) is 0. The summed E-state index contributed by atoms with van der Waals surface area (Å²) in [6.07, 6.45) is 0.881. The normalized spacial score (nSPS) is 12.2. The first kappa shape index (κ1) is 12.8. The van der Waals surface area contributed by atoms with Gasteiger partial charge in [0, 0.05) is 18.0 Å². The Hall–Kier alpha value is -1.28. The second kappa shape index (κ2) is 5.71. The number of benzene rings is 1. The summed E-state index contributed by atoms with van der Waals surface area (Å²) in [5, 5.41) is 0. The van der Waals surface area contributed by atoms with E-state index in [0.717, 1.165) is 23.3 Å². The molecule has 0 spiro atoms. The standard InChI is InChI=1S/C14H21NO/c1-10(2)7-8-16-14-9-11(3)5-6-13(14)12(4)15/h5-6,9,12H,1,7-8,15H2,2-4H3. The SMILES string of the molecule is C=C(C)CCOc1cc(C)ccc1C(C)N. The molecule has 2 N–H and O–H groups in total. The minimum absolute atomic E-state index is 0.000396. The molecule has 0 saturated heterocycles. The molecule has 88 valence electrons. The molecule has 0 fully saturated rings. The fraction of sp³-hybridized carbons (Fsp3) is 0.429. The highest BCUT2D eigenvalue weighted by Gasteiger charge is 2.07. The molecule has 0 heterocycles. The van der Waals surface area contributed by atoms with Gasteiger partial charge < -0.3 is 10.5 Å². The molecule has 0 bridgehead atoms. The molecule has 1 rings (SSSR count). The number of rotatable bonds is 5. The van der Waals surface area contributed by atoms with Gasteiger partial charge in [-0.25, -0.2) is 0 Å². The Kier molecular flexibility index (Phi) is 4.56. The topological polar surface area (TPSA) is 35.2 Å². The largest absolute Gasteiger partial charge is 0.493 e. The van der Waals surface area contributed by atoms with Crippen LogP contribution in [0.3, 0.4) is 0 Å². The van der Waals surface area contributed by atoms with E-state index >= 15 is 0 Å². The predicted molar refractivity (Wildman–Crippen MR) is 68.7 cm³/mol. The van der Waals surface area contributed by atoms with Crippen LogP contribution in [0.4, 0.5) is 0 Å². The van der Waals surface area contributed by atoms with Crippen LogP contribution < -0.4 is 10.5 Å². The van der Waals surface area contributed by atoms with E-state index in [2.05, 4.69) is 19.6 Å². The minimum Gasteiger partial charge on any atom is -0.493 e. The Morgan fingerprint density at radius 2 is 2.19 bits per heavy atom. The Labute approximate surface area is 98.1 Å². The van der Waals surface area contributed by atoms with E-state index in [-0.39, 0.29) is 6.04 Å². The predicted octanol–water partition coefficient (Wildman–Crippen LogP) is 3.36. The number of ether oxygens (including phenoxy) is 1. The van der Waals surface area contributed by atoms with Crippen LogP contribution in [0.1, 0.15) is 37.4 Å². The Bertz CT molecular complexity index is 369. The highest BCUT2D eigenvalue weighted by molar-refractivity contribution is 5.38. The molecule has 0 aromatic heterocycles. The van der Waals surface area contributed by atoms with Crippen molar-refractivity contribution in [2.75, 3.05) is 6.61 Å². The van der Waals surface area contributed by atoms with Crippen molar-refractivity contribution in [2.24, 2.45) is 5.73 Å². The van der Waals surface area contributed by atoms with Crippen LogP contribution in [0.15, 0.2) is 30.4 Å². The molecule has 0 aliphatic heterocycles. The maximum atomic E-state index is 5.90. The van der Waals surface area contributed by atoms with Gasteiger partial charge in [0.15, 0.2) is 0 Å². The van der Waals surface area contributed by atoms with Crippen LogP contribution in [0.5, 0.6) is 5.75 Å². The molecule has 0 radical (unpaired) electrons. The zero-order valence-corrected chi connectivity index (χ0v) is 10.4. The molecule has 2 nitrogen and oxygen atoms in total. The second-order valence-corrected chi connectivity index (χ2v) is 4.39. The highest BCUT2D eigenvalue weighted by Crippen LogP contribution is 2.25. The van der Waals surface area contributed by atoms with Crippen molar-refractivity contribution in [1.82, 2.24) is 0 Å². The lowest BCUT2D eigenvalue weighted by Gasteiger charge is -2.14. The van der Waals surface area contributed by atoms with Crippen LogP contribution in [0.2, 0.25) is 0 Å². The third kappa shape index (κ3) is 3.70. The molecule has 1 unspecified atom stereocenters. The number of aryl methyl sites for hydroxylation is 1. The van der Waals surface area contributed by atoms with Crippen LogP contribution in [-0.2, 0) is 0 Å². The first-order valence-electron chi connectivity index (χ1n) is 5.64. The minimum atomic E-state index is 0.000396. The van der Waals surface area contributed by atoms with Crippen molar-refractivity contribution < 1.29 is 4.74 Å². The van der Waals surface area contributed by atoms with E-state index in [9.17, 15) is 0 Å². The van der Waals surface area contributed by atoms with Crippen molar-refractivity contribution in [3.05, 3.63) is 41.5 Å². The lowest BCUT2D eigenvalue weighted by atomic mass is 10.1. The van der Waals surface area contributed by atoms with Crippen molar-refractivity contribution in [2.45, 2.75) is 33.2 Å². The first-order chi connectivity index (χ1) is 7.50. The summed E-state index contributed by atoms with van der Waals surface area (Å²) in [6.45, 7) is 10.5. The summed E-state index contributed by atoms with van der Waals surface area (Å²) in [5.41, 5.74) is 9.28. The van der Waals surface area contributed by atoms with Crippen molar-refractivity contribution >= 4 is 0 Å². The van der Waals surface area contributed by atoms with Gasteiger partial charge >= 0.3 is 0 Å². The van der Waals surface area contributed by atoms with E-state index in [1.54, 1.807) is 0 Å². The lowest BCUT2D eigenvalue weighted by Crippen LogP contribution is -2.09. The van der Waals surface area contributed by atoms with Gasteiger partial charge in [0.2, 0.25) is 0 Å². The molecule has 1 aromatic rings. The lowest BCUT2D eigenvalue weighted by molar-refractivity contribution is 0.316. The van der Waals surface area contributed by atoms with Crippen LogP contribution in [0.25, 0.3) is 0 Å². The van der Waals surface area contributed by atoms with Crippen molar-refractivity contribution in [3.8, 4) is 5.75 Å². The zero-order chi connectivity index (χ0) is 12.1. The monoisotopic (exact) mass is 219 g/mol. The molecule has 0 aliphatic carbocycles. The van der Waals surface area contributed by atoms with E-state index in [4.69, 9.17) is 10.5 Å². The molecule has 0 saturated carbocycles. The summed E-state index contributed by atoms with van der Waals surface area (Å²) < 4.78 is 5.75. The number of hydrogen-bond acceptors (Lipinski definition) is 2. The molecule has 16 heavy (non-hydrogen) atoms. The molecule has 2 heteroatoms. The van der Waals surface area contributed by atoms with E-state index < -0.39 is 0 Å². The maximum Gasteiger partial charge on any atom is 0.124 e. The molecule has 0 amide bonds. The van der Waals surface area contributed by atoms with Gasteiger partial charge in [0.1, 0.15) is 5.75 Å². The Balaban J connectivity index is 2.76. The van der Waals surface area contributed by atoms with Crippen LogP contribution in [0, 0.1) is 6.92 Å².